The second-order valence-electron chi connectivity index (χ2n) is 5.88. The summed E-state index contributed by atoms with van der Waals surface area (Å²) in [5.74, 6) is 0.471. The topological polar surface area (TPSA) is 104 Å². The minimum atomic E-state index is -0.564. The van der Waals surface area contributed by atoms with Gasteiger partial charge in [0.25, 0.3) is 5.91 Å². The molecule has 0 saturated heterocycles. The lowest BCUT2D eigenvalue weighted by Crippen LogP contribution is -2.20. The van der Waals surface area contributed by atoms with Gasteiger partial charge in [-0.05, 0) is 36.4 Å². The Bertz CT molecular complexity index is 970. The van der Waals surface area contributed by atoms with Crippen molar-refractivity contribution in [2.45, 2.75) is 6.42 Å². The summed E-state index contributed by atoms with van der Waals surface area (Å²) in [6.45, 7) is -0.218. The van der Waals surface area contributed by atoms with Crippen LogP contribution in [0.5, 0.6) is 11.5 Å². The average Bonchev–Trinajstić information content (AvgIpc) is 3.15. The number of aromatic nitrogens is 1. The lowest BCUT2D eigenvalue weighted by atomic mass is 10.2. The van der Waals surface area contributed by atoms with E-state index in [-0.39, 0.29) is 18.9 Å². The maximum atomic E-state index is 12.3. The zero-order valence-electron chi connectivity index (χ0n) is 15.2. The van der Waals surface area contributed by atoms with E-state index in [1.807, 2.05) is 29.6 Å². The number of thiazole rings is 1. The third-order valence-electron chi connectivity index (χ3n) is 3.73. The third-order valence-corrected chi connectivity index (χ3v) is 4.67. The van der Waals surface area contributed by atoms with Crippen LogP contribution in [0.2, 0.25) is 0 Å². The van der Waals surface area contributed by atoms with Crippen molar-refractivity contribution < 1.29 is 19.1 Å². The number of benzene rings is 2. The zero-order chi connectivity index (χ0) is 19.9. The van der Waals surface area contributed by atoms with E-state index in [4.69, 9.17) is 15.2 Å². The van der Waals surface area contributed by atoms with Gasteiger partial charge in [-0.3, -0.25) is 9.59 Å². The van der Waals surface area contributed by atoms with Gasteiger partial charge >= 0.3 is 0 Å². The van der Waals surface area contributed by atoms with E-state index in [2.05, 4.69) is 10.3 Å². The highest BCUT2D eigenvalue weighted by Gasteiger charge is 2.10. The second kappa shape index (κ2) is 9.01. The highest BCUT2D eigenvalue weighted by Crippen LogP contribution is 2.26. The lowest BCUT2D eigenvalue weighted by molar-refractivity contribution is -0.120. The molecule has 0 aliphatic heterocycles. The number of carbonyl (C=O) groups is 2. The molecular weight excluding hydrogens is 378 g/mol. The van der Waals surface area contributed by atoms with Crippen LogP contribution in [0, 0.1) is 0 Å². The maximum absolute atomic E-state index is 12.3. The van der Waals surface area contributed by atoms with E-state index in [9.17, 15) is 9.59 Å². The number of nitrogens with zero attached hydrogens (tertiary/aromatic N) is 1. The van der Waals surface area contributed by atoms with Crippen molar-refractivity contribution in [2.75, 3.05) is 19.0 Å². The number of hydrogen-bond donors (Lipinski definition) is 2. The number of rotatable bonds is 8. The molecule has 3 aromatic rings. The first-order chi connectivity index (χ1) is 13.5. The fourth-order valence-electron chi connectivity index (χ4n) is 2.44. The Morgan fingerprint density at radius 2 is 1.93 bits per heavy atom. The molecule has 2 aromatic carbocycles. The first kappa shape index (κ1) is 19.4. The van der Waals surface area contributed by atoms with Crippen molar-refractivity contribution >= 4 is 28.8 Å². The van der Waals surface area contributed by atoms with E-state index in [1.165, 1.54) is 11.3 Å². The van der Waals surface area contributed by atoms with Crippen LogP contribution in [0.1, 0.15) is 5.69 Å². The summed E-state index contributed by atoms with van der Waals surface area (Å²) in [6, 6.07) is 14.4. The fourth-order valence-corrected chi connectivity index (χ4v) is 3.27. The normalized spacial score (nSPS) is 10.3. The molecule has 0 aliphatic rings. The minimum absolute atomic E-state index is 0.152. The molecule has 0 bridgehead atoms. The largest absolute Gasteiger partial charge is 0.497 e. The van der Waals surface area contributed by atoms with Crippen LogP contribution in [-0.4, -0.2) is 30.5 Å². The maximum Gasteiger partial charge on any atom is 0.255 e. The minimum Gasteiger partial charge on any atom is -0.497 e. The standard InChI is InChI=1S/C20H19N3O4S/c1-26-16-7-5-13(6-8-16)20-23-15(12-28-20)10-19(25)22-14-3-2-4-17(9-14)27-11-18(21)24/h2-9,12H,10-11H2,1H3,(H2,21,24)(H,22,25). The summed E-state index contributed by atoms with van der Waals surface area (Å²) >= 11 is 1.48. The number of primary amides is 1. The van der Waals surface area contributed by atoms with Crippen molar-refractivity contribution in [1.29, 1.82) is 0 Å². The number of anilines is 1. The Hall–Kier alpha value is -3.39. The number of hydrogen-bond acceptors (Lipinski definition) is 6. The number of amides is 2. The van der Waals surface area contributed by atoms with Crippen LogP contribution >= 0.6 is 11.3 Å². The van der Waals surface area contributed by atoms with E-state index in [0.29, 0.717) is 17.1 Å². The molecule has 2 amide bonds. The second-order valence-corrected chi connectivity index (χ2v) is 6.74. The van der Waals surface area contributed by atoms with Crippen molar-refractivity contribution in [3.05, 3.63) is 59.6 Å². The average molecular weight is 397 g/mol. The first-order valence-electron chi connectivity index (χ1n) is 8.43. The molecule has 0 radical (unpaired) electrons. The molecule has 0 unspecified atom stereocenters. The van der Waals surface area contributed by atoms with Gasteiger partial charge in [-0.15, -0.1) is 11.3 Å². The van der Waals surface area contributed by atoms with Crippen molar-refractivity contribution in [3.63, 3.8) is 0 Å². The number of ether oxygens (including phenoxy) is 2. The highest BCUT2D eigenvalue weighted by atomic mass is 32.1. The highest BCUT2D eigenvalue weighted by molar-refractivity contribution is 7.13. The fraction of sp³-hybridized carbons (Fsp3) is 0.150. The number of nitrogens with two attached hydrogens (primary N) is 1. The molecule has 8 heteroatoms. The SMILES string of the molecule is COc1ccc(-c2nc(CC(=O)Nc3cccc(OCC(N)=O)c3)cs2)cc1. The lowest BCUT2D eigenvalue weighted by Gasteiger charge is -2.07. The summed E-state index contributed by atoms with van der Waals surface area (Å²) < 4.78 is 10.4. The van der Waals surface area contributed by atoms with Crippen molar-refractivity contribution in [2.24, 2.45) is 5.73 Å². The van der Waals surface area contributed by atoms with Gasteiger partial charge in [0, 0.05) is 22.7 Å². The summed E-state index contributed by atoms with van der Waals surface area (Å²) in [5.41, 5.74) is 7.28. The van der Waals surface area contributed by atoms with Crippen molar-refractivity contribution in [1.82, 2.24) is 4.98 Å². The molecule has 28 heavy (non-hydrogen) atoms. The molecule has 0 spiro atoms. The Labute approximate surface area is 166 Å². The quantitative estimate of drug-likeness (QED) is 0.608. The molecule has 3 rings (SSSR count). The number of methoxy groups -OCH3 is 1. The van der Waals surface area contributed by atoms with Crippen molar-refractivity contribution in [3.8, 4) is 22.1 Å². The smallest absolute Gasteiger partial charge is 0.255 e. The van der Waals surface area contributed by atoms with E-state index >= 15 is 0 Å². The van der Waals surface area contributed by atoms with Gasteiger partial charge in [-0.25, -0.2) is 4.98 Å². The van der Waals surface area contributed by atoms with Gasteiger partial charge in [0.1, 0.15) is 16.5 Å². The molecule has 1 heterocycles. The van der Waals surface area contributed by atoms with Crippen LogP contribution in [-0.2, 0) is 16.0 Å². The Morgan fingerprint density at radius 1 is 1.14 bits per heavy atom. The molecule has 0 atom stereocenters. The number of carbonyl (C=O) groups excluding carboxylic acids is 2. The summed E-state index contributed by atoms with van der Waals surface area (Å²) in [6.07, 6.45) is 0.152. The summed E-state index contributed by atoms with van der Waals surface area (Å²) in [5, 5.41) is 5.50. The Balaban J connectivity index is 1.60. The molecule has 144 valence electrons. The van der Waals surface area contributed by atoms with Gasteiger partial charge in [-0.2, -0.15) is 0 Å². The summed E-state index contributed by atoms with van der Waals surface area (Å²) in [7, 11) is 1.62. The molecule has 1 aromatic heterocycles. The van der Waals surface area contributed by atoms with Gasteiger partial charge in [0.2, 0.25) is 5.91 Å². The predicted molar refractivity (Wildman–Crippen MR) is 108 cm³/mol. The summed E-state index contributed by atoms with van der Waals surface area (Å²) in [4.78, 5) is 27.6. The van der Waals surface area contributed by atoms with Gasteiger partial charge in [0.15, 0.2) is 6.61 Å². The molecule has 3 N–H and O–H groups in total. The van der Waals surface area contributed by atoms with E-state index in [1.54, 1.807) is 31.4 Å². The zero-order valence-corrected chi connectivity index (χ0v) is 16.0. The number of nitrogens with one attached hydrogen (secondary N) is 1. The van der Waals surface area contributed by atoms with Crippen LogP contribution in [0.15, 0.2) is 53.9 Å². The van der Waals surface area contributed by atoms with Crippen LogP contribution < -0.4 is 20.5 Å². The van der Waals surface area contributed by atoms with Crippen LogP contribution in [0.25, 0.3) is 10.6 Å². The van der Waals surface area contributed by atoms with Gasteiger partial charge in [0.05, 0.1) is 19.2 Å². The van der Waals surface area contributed by atoms with E-state index in [0.717, 1.165) is 16.3 Å². The molecule has 0 fully saturated rings. The van der Waals surface area contributed by atoms with Crippen LogP contribution in [0.4, 0.5) is 5.69 Å². The molecular formula is C20H19N3O4S. The molecule has 7 nitrogen and oxygen atoms in total. The van der Waals surface area contributed by atoms with E-state index < -0.39 is 5.91 Å². The van der Waals surface area contributed by atoms with Gasteiger partial charge < -0.3 is 20.5 Å². The predicted octanol–water partition coefficient (Wildman–Crippen LogP) is 2.86. The monoisotopic (exact) mass is 397 g/mol. The molecule has 0 saturated carbocycles. The van der Waals surface area contributed by atoms with Gasteiger partial charge in [-0.1, -0.05) is 6.07 Å². The third kappa shape index (κ3) is 5.31. The Morgan fingerprint density at radius 3 is 2.64 bits per heavy atom. The first-order valence-corrected chi connectivity index (χ1v) is 9.31. The molecule has 0 aliphatic carbocycles. The Kier molecular flexibility index (Phi) is 6.23. The van der Waals surface area contributed by atoms with Crippen LogP contribution in [0.3, 0.4) is 0 Å².